The van der Waals surface area contributed by atoms with E-state index in [9.17, 15) is 22.8 Å². The minimum Gasteiger partial charge on any atom is -0.480 e. The minimum absolute atomic E-state index is 0.156. The van der Waals surface area contributed by atoms with Crippen LogP contribution in [-0.4, -0.2) is 39.4 Å². The summed E-state index contributed by atoms with van der Waals surface area (Å²) in [5.74, 6) is -3.78. The molecular formula is C9H10F3N3O3. The van der Waals surface area contributed by atoms with Gasteiger partial charge in [0.1, 0.15) is 6.04 Å². The summed E-state index contributed by atoms with van der Waals surface area (Å²) < 4.78 is 35.9. The Kier molecular flexibility index (Phi) is 4.29. The molecule has 0 radical (unpaired) electrons. The van der Waals surface area contributed by atoms with Gasteiger partial charge in [0.15, 0.2) is 0 Å². The van der Waals surface area contributed by atoms with Crippen molar-refractivity contribution in [2.45, 2.75) is 25.1 Å². The number of aromatic amines is 1. The van der Waals surface area contributed by atoms with E-state index in [1.165, 1.54) is 17.7 Å². The highest BCUT2D eigenvalue weighted by atomic mass is 19.4. The highest BCUT2D eigenvalue weighted by Crippen LogP contribution is 2.15. The van der Waals surface area contributed by atoms with Crippen LogP contribution >= 0.6 is 0 Å². The molecular weight excluding hydrogens is 255 g/mol. The van der Waals surface area contributed by atoms with E-state index in [1.54, 1.807) is 0 Å². The minimum atomic E-state index is -5.09. The molecule has 0 aliphatic heterocycles. The second kappa shape index (κ2) is 5.52. The Balaban J connectivity index is 2.55. The number of alkyl halides is 3. The van der Waals surface area contributed by atoms with Gasteiger partial charge >= 0.3 is 18.1 Å². The Labute approximate surface area is 99.2 Å². The molecule has 0 aromatic carbocycles. The summed E-state index contributed by atoms with van der Waals surface area (Å²) in [6, 6.07) is -1.59. The van der Waals surface area contributed by atoms with Gasteiger partial charge in [0, 0.05) is 6.20 Å². The van der Waals surface area contributed by atoms with Crippen LogP contribution in [-0.2, 0) is 16.0 Å². The van der Waals surface area contributed by atoms with Gasteiger partial charge in [-0.25, -0.2) is 4.79 Å². The molecule has 18 heavy (non-hydrogen) atoms. The van der Waals surface area contributed by atoms with Crippen LogP contribution in [0.2, 0.25) is 0 Å². The first kappa shape index (κ1) is 14.0. The lowest BCUT2D eigenvalue weighted by Gasteiger charge is -2.15. The Hall–Kier alpha value is -2.06. The largest absolute Gasteiger partial charge is 0.480 e. The molecule has 1 heterocycles. The zero-order valence-electron chi connectivity index (χ0n) is 8.99. The van der Waals surface area contributed by atoms with Crippen molar-refractivity contribution in [2.24, 2.45) is 0 Å². The zero-order chi connectivity index (χ0) is 13.8. The van der Waals surface area contributed by atoms with Crippen molar-refractivity contribution in [2.75, 3.05) is 0 Å². The summed E-state index contributed by atoms with van der Waals surface area (Å²) in [5, 5.41) is 16.2. The average molecular weight is 265 g/mol. The Morgan fingerprint density at radius 2 is 2.17 bits per heavy atom. The van der Waals surface area contributed by atoms with Crippen LogP contribution in [0.4, 0.5) is 13.2 Å². The van der Waals surface area contributed by atoms with E-state index in [1.807, 2.05) is 0 Å². The van der Waals surface area contributed by atoms with Gasteiger partial charge in [0.25, 0.3) is 0 Å². The van der Waals surface area contributed by atoms with Crippen LogP contribution in [0.25, 0.3) is 0 Å². The number of hydrogen-bond acceptors (Lipinski definition) is 3. The third-order valence-corrected chi connectivity index (χ3v) is 2.14. The zero-order valence-corrected chi connectivity index (χ0v) is 8.99. The van der Waals surface area contributed by atoms with Crippen molar-refractivity contribution in [1.29, 1.82) is 0 Å². The molecule has 100 valence electrons. The highest BCUT2D eigenvalue weighted by Gasteiger charge is 2.40. The maximum Gasteiger partial charge on any atom is 0.471 e. The molecule has 0 aliphatic rings. The molecule has 1 aromatic rings. The topological polar surface area (TPSA) is 95.1 Å². The van der Waals surface area contributed by atoms with Crippen molar-refractivity contribution in [1.82, 2.24) is 15.5 Å². The normalized spacial score (nSPS) is 13.1. The highest BCUT2D eigenvalue weighted by molar-refractivity contribution is 5.86. The third-order valence-electron chi connectivity index (χ3n) is 2.14. The average Bonchev–Trinajstić information content (AvgIpc) is 2.74. The number of aryl methyl sites for hydroxylation is 1. The summed E-state index contributed by atoms with van der Waals surface area (Å²) in [7, 11) is 0. The smallest absolute Gasteiger partial charge is 0.471 e. The summed E-state index contributed by atoms with van der Waals surface area (Å²) >= 11 is 0. The van der Waals surface area contributed by atoms with Crippen molar-refractivity contribution in [3.63, 3.8) is 0 Å². The molecule has 0 bridgehead atoms. The lowest BCUT2D eigenvalue weighted by molar-refractivity contribution is -0.175. The van der Waals surface area contributed by atoms with Crippen molar-refractivity contribution >= 4 is 11.9 Å². The Morgan fingerprint density at radius 3 is 2.61 bits per heavy atom. The van der Waals surface area contributed by atoms with Crippen LogP contribution in [0.5, 0.6) is 0 Å². The molecule has 3 N–H and O–H groups in total. The number of H-pyrrole nitrogens is 1. The van der Waals surface area contributed by atoms with Gasteiger partial charge in [0.05, 0.1) is 6.20 Å². The van der Waals surface area contributed by atoms with Crippen molar-refractivity contribution < 1.29 is 27.9 Å². The second-order valence-electron chi connectivity index (χ2n) is 3.51. The first-order valence-corrected chi connectivity index (χ1v) is 4.89. The quantitative estimate of drug-likeness (QED) is 0.721. The van der Waals surface area contributed by atoms with E-state index in [-0.39, 0.29) is 12.8 Å². The van der Waals surface area contributed by atoms with Crippen LogP contribution in [0.1, 0.15) is 12.0 Å². The SMILES string of the molecule is O=C(O)C(CCc1cn[nH]c1)NC(=O)C(F)(F)F. The Bertz CT molecular complexity index is 416. The molecule has 0 spiro atoms. The number of carbonyl (C=O) groups is 2. The summed E-state index contributed by atoms with van der Waals surface area (Å²) in [5.41, 5.74) is 0.641. The molecule has 1 atom stereocenters. The van der Waals surface area contributed by atoms with E-state index in [2.05, 4.69) is 10.2 Å². The fourth-order valence-electron chi connectivity index (χ4n) is 1.22. The molecule has 9 heteroatoms. The standard InChI is InChI=1S/C9H10F3N3O3/c10-9(11,12)8(18)15-6(7(16)17)2-1-5-3-13-14-4-5/h3-4,6H,1-2H2,(H,13,14)(H,15,18)(H,16,17). The predicted octanol–water partition coefficient (Wildman–Crippen LogP) is 0.474. The maximum atomic E-state index is 12.0. The lowest BCUT2D eigenvalue weighted by Crippen LogP contribution is -2.47. The molecule has 0 saturated carbocycles. The molecule has 6 nitrogen and oxygen atoms in total. The number of nitrogens with zero attached hydrogens (tertiary/aromatic N) is 1. The van der Waals surface area contributed by atoms with E-state index in [4.69, 9.17) is 5.11 Å². The number of aliphatic carboxylic acids is 1. The van der Waals surface area contributed by atoms with E-state index in [0.717, 1.165) is 0 Å². The number of aromatic nitrogens is 2. The van der Waals surface area contributed by atoms with Crippen LogP contribution in [0, 0.1) is 0 Å². The molecule has 1 amide bonds. The van der Waals surface area contributed by atoms with E-state index < -0.39 is 24.1 Å². The van der Waals surface area contributed by atoms with Crippen molar-refractivity contribution in [3.05, 3.63) is 18.0 Å². The van der Waals surface area contributed by atoms with Gasteiger partial charge in [-0.3, -0.25) is 9.89 Å². The van der Waals surface area contributed by atoms with Gasteiger partial charge in [-0.05, 0) is 18.4 Å². The Morgan fingerprint density at radius 1 is 1.50 bits per heavy atom. The van der Waals surface area contributed by atoms with E-state index >= 15 is 0 Å². The third kappa shape index (κ3) is 4.07. The first-order chi connectivity index (χ1) is 8.30. The van der Waals surface area contributed by atoms with Gasteiger partial charge in [-0.15, -0.1) is 0 Å². The van der Waals surface area contributed by atoms with Gasteiger partial charge in [0.2, 0.25) is 0 Å². The van der Waals surface area contributed by atoms with Crippen LogP contribution in [0.3, 0.4) is 0 Å². The fraction of sp³-hybridized carbons (Fsp3) is 0.444. The number of nitrogens with one attached hydrogen (secondary N) is 2. The second-order valence-corrected chi connectivity index (χ2v) is 3.51. The fourth-order valence-corrected chi connectivity index (χ4v) is 1.22. The van der Waals surface area contributed by atoms with Gasteiger partial charge in [-0.1, -0.05) is 0 Å². The number of carboxylic acid groups (broad SMARTS) is 1. The number of rotatable bonds is 5. The van der Waals surface area contributed by atoms with Crippen molar-refractivity contribution in [3.8, 4) is 0 Å². The van der Waals surface area contributed by atoms with Gasteiger partial charge in [-0.2, -0.15) is 18.3 Å². The lowest BCUT2D eigenvalue weighted by atomic mass is 10.1. The molecule has 1 unspecified atom stereocenters. The molecule has 1 rings (SSSR count). The molecule has 0 saturated heterocycles. The number of carbonyl (C=O) groups excluding carboxylic acids is 1. The number of carboxylic acids is 1. The van der Waals surface area contributed by atoms with E-state index in [0.29, 0.717) is 5.56 Å². The monoisotopic (exact) mass is 265 g/mol. The summed E-state index contributed by atoms with van der Waals surface area (Å²) in [4.78, 5) is 21.3. The maximum absolute atomic E-state index is 12.0. The number of amides is 1. The number of halogens is 3. The summed E-state index contributed by atoms with van der Waals surface area (Å²) in [6.07, 6.45) is -2.15. The molecule has 0 fully saturated rings. The molecule has 1 aromatic heterocycles. The first-order valence-electron chi connectivity index (χ1n) is 4.89. The number of hydrogen-bond donors (Lipinski definition) is 3. The van der Waals surface area contributed by atoms with Crippen LogP contribution < -0.4 is 5.32 Å². The van der Waals surface area contributed by atoms with Gasteiger partial charge < -0.3 is 10.4 Å². The van der Waals surface area contributed by atoms with Crippen LogP contribution in [0.15, 0.2) is 12.4 Å². The predicted molar refractivity (Wildman–Crippen MR) is 52.5 cm³/mol. The summed E-state index contributed by atoms with van der Waals surface area (Å²) in [6.45, 7) is 0. The molecule has 0 aliphatic carbocycles.